The van der Waals surface area contributed by atoms with Gasteiger partial charge in [0, 0.05) is 16.7 Å². The third kappa shape index (κ3) is 4.63. The summed E-state index contributed by atoms with van der Waals surface area (Å²) in [5.74, 6) is 5.98. The normalized spacial score (nSPS) is 11.3. The van der Waals surface area contributed by atoms with E-state index < -0.39 is 0 Å². The van der Waals surface area contributed by atoms with Crippen LogP contribution >= 0.6 is 15.9 Å². The van der Waals surface area contributed by atoms with Crippen molar-refractivity contribution in [1.82, 2.24) is 5.43 Å². The van der Waals surface area contributed by atoms with Crippen LogP contribution in [-0.4, -0.2) is 12.5 Å². The minimum absolute atomic E-state index is 0.589. The van der Waals surface area contributed by atoms with E-state index in [1.165, 1.54) is 0 Å². The van der Waals surface area contributed by atoms with Gasteiger partial charge in [0.2, 0.25) is 5.96 Å². The zero-order valence-corrected chi connectivity index (χ0v) is 10.9. The molecule has 0 aliphatic rings. The van der Waals surface area contributed by atoms with Gasteiger partial charge in [-0.3, -0.25) is 10.4 Å². The summed E-state index contributed by atoms with van der Waals surface area (Å²) in [4.78, 5) is 4.31. The Bertz CT molecular complexity index is 352. The molecular weight excluding hydrogens is 268 g/mol. The third-order valence-corrected chi connectivity index (χ3v) is 2.50. The molecule has 0 fully saturated rings. The summed E-state index contributed by atoms with van der Waals surface area (Å²) in [5, 5.41) is 3.11. The highest BCUT2D eigenvalue weighted by Crippen LogP contribution is 2.15. The molecule has 0 atom stereocenters. The lowest BCUT2D eigenvalue weighted by atomic mass is 10.3. The van der Waals surface area contributed by atoms with Crippen LogP contribution < -0.4 is 16.6 Å². The van der Waals surface area contributed by atoms with E-state index in [-0.39, 0.29) is 0 Å². The number of nitrogens with two attached hydrogens (primary N) is 1. The Morgan fingerprint density at radius 2 is 2.31 bits per heavy atom. The molecule has 1 aromatic carbocycles. The van der Waals surface area contributed by atoms with Crippen LogP contribution in [-0.2, 0) is 0 Å². The lowest BCUT2D eigenvalue weighted by Gasteiger charge is -2.09. The van der Waals surface area contributed by atoms with Crippen LogP contribution in [0.15, 0.2) is 33.7 Å². The van der Waals surface area contributed by atoms with Crippen molar-refractivity contribution in [1.29, 1.82) is 0 Å². The second kappa shape index (κ2) is 7.24. The van der Waals surface area contributed by atoms with Gasteiger partial charge in [0.1, 0.15) is 0 Å². The molecule has 0 radical (unpaired) electrons. The fraction of sp³-hybridized carbons (Fsp3) is 0.364. The van der Waals surface area contributed by atoms with Gasteiger partial charge in [0.15, 0.2) is 0 Å². The van der Waals surface area contributed by atoms with Crippen molar-refractivity contribution in [2.24, 2.45) is 10.8 Å². The van der Waals surface area contributed by atoms with Crippen molar-refractivity contribution in [2.75, 3.05) is 11.9 Å². The molecule has 5 heteroatoms. The highest BCUT2D eigenvalue weighted by molar-refractivity contribution is 9.10. The summed E-state index contributed by atoms with van der Waals surface area (Å²) in [6.07, 6.45) is 2.18. The number of benzene rings is 1. The molecule has 0 spiro atoms. The predicted octanol–water partition coefficient (Wildman–Crippen LogP) is 2.48. The fourth-order valence-electron chi connectivity index (χ4n) is 1.17. The van der Waals surface area contributed by atoms with Crippen molar-refractivity contribution in [3.05, 3.63) is 28.7 Å². The minimum atomic E-state index is 0.589. The van der Waals surface area contributed by atoms with Gasteiger partial charge in [-0.15, -0.1) is 0 Å². The summed E-state index contributed by atoms with van der Waals surface area (Å²) in [6, 6.07) is 7.84. The van der Waals surface area contributed by atoms with Crippen molar-refractivity contribution >= 4 is 27.6 Å². The maximum Gasteiger partial charge on any atom is 0.210 e. The Balaban J connectivity index is 2.59. The molecule has 0 bridgehead atoms. The molecule has 1 aromatic rings. The first-order valence-electron chi connectivity index (χ1n) is 5.30. The Kier molecular flexibility index (Phi) is 5.88. The molecule has 16 heavy (non-hydrogen) atoms. The second-order valence-electron chi connectivity index (χ2n) is 3.36. The molecule has 0 unspecified atom stereocenters. The topological polar surface area (TPSA) is 62.4 Å². The quantitative estimate of drug-likeness (QED) is 0.262. The number of nitrogens with one attached hydrogen (secondary N) is 2. The smallest absolute Gasteiger partial charge is 0.210 e. The van der Waals surface area contributed by atoms with E-state index in [1.807, 2.05) is 24.3 Å². The summed E-state index contributed by atoms with van der Waals surface area (Å²) in [6.45, 7) is 2.91. The highest BCUT2D eigenvalue weighted by Gasteiger charge is 1.97. The average Bonchev–Trinajstić information content (AvgIpc) is 2.28. The van der Waals surface area contributed by atoms with E-state index in [0.29, 0.717) is 5.96 Å². The van der Waals surface area contributed by atoms with Gasteiger partial charge in [-0.25, -0.2) is 5.84 Å². The molecule has 0 aliphatic heterocycles. The van der Waals surface area contributed by atoms with Crippen LogP contribution in [0.2, 0.25) is 0 Å². The largest absolute Gasteiger partial charge is 0.325 e. The minimum Gasteiger partial charge on any atom is -0.325 e. The van der Waals surface area contributed by atoms with E-state index in [1.54, 1.807) is 0 Å². The maximum absolute atomic E-state index is 5.39. The third-order valence-electron chi connectivity index (χ3n) is 2.01. The molecule has 4 N–H and O–H groups in total. The van der Waals surface area contributed by atoms with Crippen molar-refractivity contribution < 1.29 is 0 Å². The van der Waals surface area contributed by atoms with Crippen LogP contribution in [0.3, 0.4) is 0 Å². The summed E-state index contributed by atoms with van der Waals surface area (Å²) < 4.78 is 1.02. The van der Waals surface area contributed by atoms with Crippen LogP contribution in [0.5, 0.6) is 0 Å². The Morgan fingerprint density at radius 3 is 2.94 bits per heavy atom. The Labute approximate surface area is 104 Å². The standard InChI is InChI=1S/C11H17BrN4/c1-2-3-7-14-11(16-13)15-10-6-4-5-9(12)8-10/h4-6,8H,2-3,7,13H2,1H3,(H2,14,15,16). The van der Waals surface area contributed by atoms with E-state index in [2.05, 4.69) is 38.6 Å². The number of rotatable bonds is 4. The van der Waals surface area contributed by atoms with Crippen LogP contribution in [0.1, 0.15) is 19.8 Å². The van der Waals surface area contributed by atoms with Gasteiger partial charge in [0.25, 0.3) is 0 Å². The molecule has 0 aliphatic carbocycles. The summed E-state index contributed by atoms with van der Waals surface area (Å²) in [5.41, 5.74) is 3.50. The lowest BCUT2D eigenvalue weighted by Crippen LogP contribution is -2.36. The number of hydrogen-bond acceptors (Lipinski definition) is 2. The maximum atomic E-state index is 5.39. The molecule has 0 aromatic heterocycles. The van der Waals surface area contributed by atoms with E-state index in [0.717, 1.165) is 29.5 Å². The van der Waals surface area contributed by atoms with Crippen LogP contribution in [0, 0.1) is 0 Å². The number of hydrazine groups is 1. The zero-order valence-electron chi connectivity index (χ0n) is 9.33. The molecule has 88 valence electrons. The van der Waals surface area contributed by atoms with Gasteiger partial charge in [-0.1, -0.05) is 35.3 Å². The fourth-order valence-corrected chi connectivity index (χ4v) is 1.57. The number of nitrogens with zero attached hydrogens (tertiary/aromatic N) is 1. The molecule has 0 amide bonds. The van der Waals surface area contributed by atoms with Gasteiger partial charge >= 0.3 is 0 Å². The monoisotopic (exact) mass is 284 g/mol. The molecular formula is C11H17BrN4. The first-order chi connectivity index (χ1) is 7.76. The molecule has 0 saturated carbocycles. The van der Waals surface area contributed by atoms with Crippen molar-refractivity contribution in [3.8, 4) is 0 Å². The summed E-state index contributed by atoms with van der Waals surface area (Å²) in [7, 11) is 0. The zero-order chi connectivity index (χ0) is 11.8. The number of anilines is 1. The number of aliphatic imine (C=N–C) groups is 1. The SMILES string of the molecule is CCCCN=C(NN)Nc1cccc(Br)c1. The summed E-state index contributed by atoms with van der Waals surface area (Å²) >= 11 is 3.41. The van der Waals surface area contributed by atoms with E-state index in [4.69, 9.17) is 5.84 Å². The van der Waals surface area contributed by atoms with E-state index >= 15 is 0 Å². The highest BCUT2D eigenvalue weighted by atomic mass is 79.9. The van der Waals surface area contributed by atoms with Crippen LogP contribution in [0.4, 0.5) is 5.69 Å². The van der Waals surface area contributed by atoms with Gasteiger partial charge in [-0.05, 0) is 24.6 Å². The number of halogens is 1. The lowest BCUT2D eigenvalue weighted by molar-refractivity contribution is 0.801. The van der Waals surface area contributed by atoms with Crippen LogP contribution in [0.25, 0.3) is 0 Å². The Morgan fingerprint density at radius 1 is 1.50 bits per heavy atom. The number of hydrogen-bond donors (Lipinski definition) is 3. The first-order valence-corrected chi connectivity index (χ1v) is 6.09. The molecule has 4 nitrogen and oxygen atoms in total. The molecule has 0 heterocycles. The number of unbranched alkanes of at least 4 members (excludes halogenated alkanes) is 1. The Hall–Kier alpha value is -1.07. The van der Waals surface area contributed by atoms with Gasteiger partial charge in [-0.2, -0.15) is 0 Å². The first kappa shape index (κ1) is 13.0. The van der Waals surface area contributed by atoms with E-state index in [9.17, 15) is 0 Å². The molecule has 1 rings (SSSR count). The average molecular weight is 285 g/mol. The second-order valence-corrected chi connectivity index (χ2v) is 4.28. The van der Waals surface area contributed by atoms with Crippen molar-refractivity contribution in [3.63, 3.8) is 0 Å². The predicted molar refractivity (Wildman–Crippen MR) is 72.3 cm³/mol. The van der Waals surface area contributed by atoms with Gasteiger partial charge < -0.3 is 5.32 Å². The van der Waals surface area contributed by atoms with Crippen molar-refractivity contribution in [2.45, 2.75) is 19.8 Å². The molecule has 0 saturated heterocycles. The van der Waals surface area contributed by atoms with Gasteiger partial charge in [0.05, 0.1) is 0 Å². The number of guanidine groups is 1.